The number of aryl methyl sites for hydroxylation is 1. The summed E-state index contributed by atoms with van der Waals surface area (Å²) in [5.74, 6) is 0. The number of hydrogen-bond donors (Lipinski definition) is 1. The standard InChI is InChI=1S/C18H28N2O/c1-17(2)12-20(13-18(3,4)21-17)15-10-9-14-7-5-6-8-16(14)19-11-15/h5-8,15,19H,9-13H2,1-4H3. The normalized spacial score (nSPS) is 28.3. The molecule has 2 aliphatic rings. The Morgan fingerprint density at radius 3 is 2.48 bits per heavy atom. The largest absolute Gasteiger partial charge is 0.383 e. The number of morpholine rings is 1. The first-order chi connectivity index (χ1) is 9.85. The molecule has 0 bridgehead atoms. The molecule has 1 unspecified atom stereocenters. The first kappa shape index (κ1) is 14.9. The molecule has 2 heterocycles. The highest BCUT2D eigenvalue weighted by molar-refractivity contribution is 5.52. The van der Waals surface area contributed by atoms with E-state index in [0.29, 0.717) is 6.04 Å². The Labute approximate surface area is 128 Å². The number of para-hydroxylation sites is 1. The van der Waals surface area contributed by atoms with Gasteiger partial charge in [-0.1, -0.05) is 18.2 Å². The van der Waals surface area contributed by atoms with E-state index in [1.165, 1.54) is 17.7 Å². The average molecular weight is 288 g/mol. The summed E-state index contributed by atoms with van der Waals surface area (Å²) in [6.07, 6.45) is 2.38. The summed E-state index contributed by atoms with van der Waals surface area (Å²) >= 11 is 0. The van der Waals surface area contributed by atoms with Gasteiger partial charge in [-0.05, 0) is 52.2 Å². The number of rotatable bonds is 1. The number of fused-ring (bicyclic) bond motifs is 1. The van der Waals surface area contributed by atoms with Gasteiger partial charge in [-0.15, -0.1) is 0 Å². The lowest BCUT2D eigenvalue weighted by Gasteiger charge is -2.49. The lowest BCUT2D eigenvalue weighted by molar-refractivity contribution is -0.187. The van der Waals surface area contributed by atoms with Crippen LogP contribution in [0.25, 0.3) is 0 Å². The molecule has 0 amide bonds. The van der Waals surface area contributed by atoms with Gasteiger partial charge in [0.05, 0.1) is 11.2 Å². The molecule has 0 radical (unpaired) electrons. The highest BCUT2D eigenvalue weighted by Crippen LogP contribution is 2.31. The fourth-order valence-corrected chi connectivity index (χ4v) is 3.98. The molecular weight excluding hydrogens is 260 g/mol. The number of ether oxygens (including phenoxy) is 1. The van der Waals surface area contributed by atoms with Crippen molar-refractivity contribution in [2.45, 2.75) is 57.8 Å². The Morgan fingerprint density at radius 1 is 1.10 bits per heavy atom. The van der Waals surface area contributed by atoms with Crippen LogP contribution in [0.4, 0.5) is 5.69 Å². The molecule has 3 heteroatoms. The third-order valence-electron chi connectivity index (χ3n) is 4.53. The maximum atomic E-state index is 6.21. The highest BCUT2D eigenvalue weighted by Gasteiger charge is 2.40. The van der Waals surface area contributed by atoms with Crippen LogP contribution < -0.4 is 5.32 Å². The van der Waals surface area contributed by atoms with Crippen molar-refractivity contribution in [3.63, 3.8) is 0 Å². The topological polar surface area (TPSA) is 24.5 Å². The molecule has 1 N–H and O–H groups in total. The predicted octanol–water partition coefficient (Wildman–Crippen LogP) is 3.30. The second-order valence-electron chi connectivity index (χ2n) is 7.76. The van der Waals surface area contributed by atoms with Crippen LogP contribution in [0.1, 0.15) is 39.7 Å². The zero-order valence-corrected chi connectivity index (χ0v) is 13.8. The minimum atomic E-state index is -0.0685. The van der Waals surface area contributed by atoms with Crippen LogP contribution >= 0.6 is 0 Å². The molecule has 0 saturated carbocycles. The van der Waals surface area contributed by atoms with Crippen LogP contribution in [-0.4, -0.2) is 41.8 Å². The Morgan fingerprint density at radius 2 is 1.76 bits per heavy atom. The Kier molecular flexibility index (Phi) is 3.74. The second kappa shape index (κ2) is 5.29. The monoisotopic (exact) mass is 288 g/mol. The molecule has 3 nitrogen and oxygen atoms in total. The van der Waals surface area contributed by atoms with Gasteiger partial charge in [0.2, 0.25) is 0 Å². The van der Waals surface area contributed by atoms with Gasteiger partial charge in [-0.3, -0.25) is 4.90 Å². The van der Waals surface area contributed by atoms with Crippen LogP contribution in [0, 0.1) is 0 Å². The summed E-state index contributed by atoms with van der Waals surface area (Å²) in [6.45, 7) is 11.9. The molecule has 0 aliphatic carbocycles. The molecule has 116 valence electrons. The van der Waals surface area contributed by atoms with E-state index in [4.69, 9.17) is 4.74 Å². The molecule has 3 rings (SSSR count). The van der Waals surface area contributed by atoms with Gasteiger partial charge in [-0.25, -0.2) is 0 Å². The van der Waals surface area contributed by atoms with Crippen LogP contribution in [0.5, 0.6) is 0 Å². The maximum absolute atomic E-state index is 6.21. The van der Waals surface area contributed by atoms with Gasteiger partial charge in [0.15, 0.2) is 0 Å². The number of nitrogens with zero attached hydrogens (tertiary/aromatic N) is 1. The molecule has 1 aromatic rings. The van der Waals surface area contributed by atoms with E-state index in [2.05, 4.69) is 62.2 Å². The second-order valence-corrected chi connectivity index (χ2v) is 7.76. The summed E-state index contributed by atoms with van der Waals surface area (Å²) < 4.78 is 6.21. The lowest BCUT2D eigenvalue weighted by atomic mass is 9.95. The molecule has 0 aromatic heterocycles. The number of nitrogens with one attached hydrogen (secondary N) is 1. The third kappa shape index (κ3) is 3.41. The van der Waals surface area contributed by atoms with Crippen LogP contribution in [0.3, 0.4) is 0 Å². The zero-order chi connectivity index (χ0) is 15.1. The Balaban J connectivity index is 1.73. The van der Waals surface area contributed by atoms with E-state index in [-0.39, 0.29) is 11.2 Å². The van der Waals surface area contributed by atoms with Crippen molar-refractivity contribution in [3.8, 4) is 0 Å². The summed E-state index contributed by atoms with van der Waals surface area (Å²) in [6, 6.07) is 9.29. The highest BCUT2D eigenvalue weighted by atomic mass is 16.5. The lowest BCUT2D eigenvalue weighted by Crippen LogP contribution is -2.60. The summed E-state index contributed by atoms with van der Waals surface area (Å²) in [4.78, 5) is 2.63. The van der Waals surface area contributed by atoms with Gasteiger partial charge in [0.1, 0.15) is 0 Å². The van der Waals surface area contributed by atoms with Crippen molar-refractivity contribution < 1.29 is 4.74 Å². The van der Waals surface area contributed by atoms with Crippen LogP contribution in [-0.2, 0) is 11.2 Å². The minimum Gasteiger partial charge on any atom is -0.383 e. The smallest absolute Gasteiger partial charge is 0.0760 e. The Hall–Kier alpha value is -1.06. The molecule has 2 aliphatic heterocycles. The molecular formula is C18H28N2O. The fourth-order valence-electron chi connectivity index (χ4n) is 3.98. The minimum absolute atomic E-state index is 0.0685. The number of anilines is 1. The van der Waals surface area contributed by atoms with Crippen LogP contribution in [0.15, 0.2) is 24.3 Å². The van der Waals surface area contributed by atoms with Gasteiger partial charge >= 0.3 is 0 Å². The first-order valence-corrected chi connectivity index (χ1v) is 8.11. The Bertz CT molecular complexity index is 467. The van der Waals surface area contributed by atoms with Gasteiger partial charge in [0, 0.05) is 31.4 Å². The average Bonchev–Trinajstić information content (AvgIpc) is 2.57. The molecule has 1 aromatic carbocycles. The van der Waals surface area contributed by atoms with Crippen molar-refractivity contribution in [2.24, 2.45) is 0 Å². The molecule has 1 saturated heterocycles. The molecule has 1 fully saturated rings. The fraction of sp³-hybridized carbons (Fsp3) is 0.667. The van der Waals surface area contributed by atoms with Crippen molar-refractivity contribution in [1.82, 2.24) is 4.90 Å². The van der Waals surface area contributed by atoms with Crippen molar-refractivity contribution in [1.29, 1.82) is 0 Å². The maximum Gasteiger partial charge on any atom is 0.0760 e. The summed E-state index contributed by atoms with van der Waals surface area (Å²) in [5, 5.41) is 3.64. The summed E-state index contributed by atoms with van der Waals surface area (Å²) in [5.41, 5.74) is 2.63. The van der Waals surface area contributed by atoms with Crippen molar-refractivity contribution in [2.75, 3.05) is 25.0 Å². The van der Waals surface area contributed by atoms with Gasteiger partial charge in [0.25, 0.3) is 0 Å². The predicted molar refractivity (Wildman–Crippen MR) is 87.9 cm³/mol. The number of benzene rings is 1. The molecule has 1 atom stereocenters. The van der Waals surface area contributed by atoms with Crippen molar-refractivity contribution in [3.05, 3.63) is 29.8 Å². The van der Waals surface area contributed by atoms with Crippen LogP contribution in [0.2, 0.25) is 0 Å². The van der Waals surface area contributed by atoms with E-state index in [1.807, 2.05) is 0 Å². The van der Waals surface area contributed by atoms with E-state index >= 15 is 0 Å². The van der Waals surface area contributed by atoms with E-state index in [9.17, 15) is 0 Å². The van der Waals surface area contributed by atoms with E-state index in [0.717, 1.165) is 26.1 Å². The quantitative estimate of drug-likeness (QED) is 0.858. The van der Waals surface area contributed by atoms with Crippen molar-refractivity contribution >= 4 is 5.69 Å². The van der Waals surface area contributed by atoms with E-state index < -0.39 is 0 Å². The van der Waals surface area contributed by atoms with Gasteiger partial charge in [-0.2, -0.15) is 0 Å². The zero-order valence-electron chi connectivity index (χ0n) is 13.8. The first-order valence-electron chi connectivity index (χ1n) is 8.11. The molecule has 0 spiro atoms. The third-order valence-corrected chi connectivity index (χ3v) is 4.53. The SMILES string of the molecule is CC1(C)CN(C2CCc3ccccc3NC2)CC(C)(C)O1. The molecule has 21 heavy (non-hydrogen) atoms. The summed E-state index contributed by atoms with van der Waals surface area (Å²) in [7, 11) is 0. The van der Waals surface area contributed by atoms with Gasteiger partial charge < -0.3 is 10.1 Å². The number of hydrogen-bond acceptors (Lipinski definition) is 3. The van der Waals surface area contributed by atoms with E-state index in [1.54, 1.807) is 0 Å².